The molecule has 0 radical (unpaired) electrons. The molecule has 1 aromatic rings. The highest BCUT2D eigenvalue weighted by Gasteiger charge is 2.10. The third kappa shape index (κ3) is 4.52. The fourth-order valence-corrected chi connectivity index (χ4v) is 1.71. The van der Waals surface area contributed by atoms with Gasteiger partial charge in [0.15, 0.2) is 11.5 Å². The van der Waals surface area contributed by atoms with E-state index in [-0.39, 0.29) is 6.61 Å². The molecule has 102 valence electrons. The van der Waals surface area contributed by atoms with Crippen LogP contribution in [0.1, 0.15) is 5.56 Å². The molecule has 0 saturated carbocycles. The molecule has 0 atom stereocenters. The molecule has 0 aliphatic carbocycles. The summed E-state index contributed by atoms with van der Waals surface area (Å²) in [6.45, 7) is 2.76. The number of ether oxygens (including phenoxy) is 3. The van der Waals surface area contributed by atoms with Gasteiger partial charge in [0.1, 0.15) is 6.54 Å². The molecule has 0 saturated heterocycles. The van der Waals surface area contributed by atoms with Crippen LogP contribution in [0.3, 0.4) is 0 Å². The molecule has 0 fully saturated rings. The van der Waals surface area contributed by atoms with Crippen LogP contribution in [0.2, 0.25) is 0 Å². The lowest BCUT2D eigenvalue weighted by atomic mass is 10.2. The van der Waals surface area contributed by atoms with Crippen LogP contribution in [-0.4, -0.2) is 45.7 Å². The minimum Gasteiger partial charge on any atom is -0.493 e. The molecule has 0 bridgehead atoms. The van der Waals surface area contributed by atoms with Crippen LogP contribution in [0, 0.1) is 0 Å². The fraction of sp³-hybridized carbons (Fsp3) is 0.538. The Balaban J connectivity index is 2.41. The Kier molecular flexibility index (Phi) is 7.17. The number of nitrogens with two attached hydrogens (primary N) is 1. The molecule has 1 aromatic carbocycles. The first-order valence-corrected chi connectivity index (χ1v) is 6.03. The van der Waals surface area contributed by atoms with E-state index in [1.807, 2.05) is 18.2 Å². The molecule has 0 aliphatic rings. The molecule has 18 heavy (non-hydrogen) atoms. The Labute approximate surface area is 108 Å². The first-order valence-electron chi connectivity index (χ1n) is 6.03. The quantitative estimate of drug-likeness (QED) is 0.599. The Morgan fingerprint density at radius 3 is 2.67 bits per heavy atom. The molecule has 0 spiro atoms. The molecular weight excluding hydrogens is 234 g/mol. The zero-order valence-corrected chi connectivity index (χ0v) is 11.0. The predicted octanol–water partition coefficient (Wildman–Crippen LogP) is -0.224. The normalized spacial score (nSPS) is 10.4. The molecule has 0 heterocycles. The standard InChI is InChI=1S/C13H21NO4/c1-16-12-5-3-4-11(13(12)17-2)10-14-6-8-18-9-7-15/h3-5,14-15H,6-10H2,1-2H3/p+1. The van der Waals surface area contributed by atoms with Gasteiger partial charge in [0.05, 0.1) is 46.1 Å². The van der Waals surface area contributed by atoms with E-state index >= 15 is 0 Å². The van der Waals surface area contributed by atoms with Crippen molar-refractivity contribution in [1.29, 1.82) is 0 Å². The van der Waals surface area contributed by atoms with Gasteiger partial charge in [0.25, 0.3) is 0 Å². The van der Waals surface area contributed by atoms with Crippen LogP contribution in [-0.2, 0) is 11.3 Å². The summed E-state index contributed by atoms with van der Waals surface area (Å²) in [6.07, 6.45) is 0. The Morgan fingerprint density at radius 1 is 1.17 bits per heavy atom. The zero-order chi connectivity index (χ0) is 13.2. The van der Waals surface area contributed by atoms with E-state index in [1.54, 1.807) is 14.2 Å². The number of methoxy groups -OCH3 is 2. The number of quaternary nitrogens is 1. The Morgan fingerprint density at radius 2 is 2.00 bits per heavy atom. The van der Waals surface area contributed by atoms with Crippen LogP contribution in [0.5, 0.6) is 11.5 Å². The molecule has 0 aromatic heterocycles. The first-order chi connectivity index (χ1) is 8.83. The van der Waals surface area contributed by atoms with E-state index in [0.29, 0.717) is 13.2 Å². The van der Waals surface area contributed by atoms with Crippen LogP contribution < -0.4 is 14.8 Å². The van der Waals surface area contributed by atoms with Gasteiger partial charge in [-0.25, -0.2) is 0 Å². The second-order valence-electron chi connectivity index (χ2n) is 3.77. The van der Waals surface area contributed by atoms with Gasteiger partial charge in [-0.1, -0.05) is 6.07 Å². The van der Waals surface area contributed by atoms with Crippen LogP contribution in [0.25, 0.3) is 0 Å². The van der Waals surface area contributed by atoms with Crippen molar-refractivity contribution >= 4 is 0 Å². The maximum Gasteiger partial charge on any atom is 0.169 e. The van der Waals surface area contributed by atoms with Gasteiger partial charge < -0.3 is 24.6 Å². The zero-order valence-electron chi connectivity index (χ0n) is 11.0. The van der Waals surface area contributed by atoms with Crippen molar-refractivity contribution in [3.05, 3.63) is 23.8 Å². The smallest absolute Gasteiger partial charge is 0.169 e. The number of rotatable bonds is 9. The Hall–Kier alpha value is -1.30. The van der Waals surface area contributed by atoms with Crippen LogP contribution in [0.15, 0.2) is 18.2 Å². The van der Waals surface area contributed by atoms with Gasteiger partial charge >= 0.3 is 0 Å². The molecule has 3 N–H and O–H groups in total. The number of hydrogen-bond acceptors (Lipinski definition) is 4. The number of aliphatic hydroxyl groups excluding tert-OH is 1. The van der Waals surface area contributed by atoms with Crippen molar-refractivity contribution in [2.24, 2.45) is 0 Å². The summed E-state index contributed by atoms with van der Waals surface area (Å²) < 4.78 is 15.8. The van der Waals surface area contributed by atoms with Crippen LogP contribution in [0.4, 0.5) is 0 Å². The summed E-state index contributed by atoms with van der Waals surface area (Å²) in [4.78, 5) is 0. The highest BCUT2D eigenvalue weighted by atomic mass is 16.5. The van der Waals surface area contributed by atoms with Crippen molar-refractivity contribution in [3.8, 4) is 11.5 Å². The minimum absolute atomic E-state index is 0.0731. The van der Waals surface area contributed by atoms with Gasteiger partial charge in [-0.05, 0) is 12.1 Å². The topological polar surface area (TPSA) is 64.5 Å². The first kappa shape index (κ1) is 14.8. The van der Waals surface area contributed by atoms with Gasteiger partial charge in [-0.3, -0.25) is 0 Å². The van der Waals surface area contributed by atoms with Gasteiger partial charge in [0.2, 0.25) is 0 Å². The monoisotopic (exact) mass is 256 g/mol. The lowest BCUT2D eigenvalue weighted by Gasteiger charge is -2.11. The van der Waals surface area contributed by atoms with E-state index in [0.717, 1.165) is 30.2 Å². The van der Waals surface area contributed by atoms with Crippen molar-refractivity contribution in [3.63, 3.8) is 0 Å². The number of para-hydroxylation sites is 1. The second-order valence-corrected chi connectivity index (χ2v) is 3.77. The maximum absolute atomic E-state index is 8.56. The highest BCUT2D eigenvalue weighted by Crippen LogP contribution is 2.29. The SMILES string of the molecule is COc1cccc(C[NH2+]CCOCCO)c1OC. The third-order valence-corrected chi connectivity index (χ3v) is 2.55. The van der Waals surface area contributed by atoms with E-state index in [2.05, 4.69) is 5.32 Å². The van der Waals surface area contributed by atoms with Gasteiger partial charge in [0, 0.05) is 0 Å². The largest absolute Gasteiger partial charge is 0.493 e. The van der Waals surface area contributed by atoms with Crippen molar-refractivity contribution in [2.45, 2.75) is 6.54 Å². The van der Waals surface area contributed by atoms with E-state index in [9.17, 15) is 0 Å². The lowest BCUT2D eigenvalue weighted by Crippen LogP contribution is -2.83. The molecule has 0 amide bonds. The number of benzene rings is 1. The van der Waals surface area contributed by atoms with E-state index in [1.165, 1.54) is 0 Å². The minimum atomic E-state index is 0.0731. The van der Waals surface area contributed by atoms with Gasteiger partial charge in [-0.15, -0.1) is 0 Å². The number of aliphatic hydroxyl groups is 1. The predicted molar refractivity (Wildman–Crippen MR) is 67.9 cm³/mol. The second kappa shape index (κ2) is 8.74. The molecule has 1 rings (SSSR count). The summed E-state index contributed by atoms with van der Waals surface area (Å²) in [5.41, 5.74) is 1.10. The van der Waals surface area contributed by atoms with E-state index < -0.39 is 0 Å². The number of hydrogen-bond donors (Lipinski definition) is 2. The maximum atomic E-state index is 8.56. The van der Waals surface area contributed by atoms with Gasteiger partial charge in [-0.2, -0.15) is 0 Å². The average molecular weight is 256 g/mol. The summed E-state index contributed by atoms with van der Waals surface area (Å²) in [5, 5.41) is 10.7. The highest BCUT2D eigenvalue weighted by molar-refractivity contribution is 5.46. The summed E-state index contributed by atoms with van der Waals surface area (Å²) in [6, 6.07) is 5.85. The summed E-state index contributed by atoms with van der Waals surface area (Å²) >= 11 is 0. The van der Waals surface area contributed by atoms with Crippen LogP contribution >= 0.6 is 0 Å². The molecule has 5 nitrogen and oxygen atoms in total. The van der Waals surface area contributed by atoms with Crippen molar-refractivity contribution < 1.29 is 24.6 Å². The summed E-state index contributed by atoms with van der Waals surface area (Å²) in [7, 11) is 3.28. The van der Waals surface area contributed by atoms with Crippen molar-refractivity contribution in [1.82, 2.24) is 0 Å². The molecule has 5 heteroatoms. The summed E-state index contributed by atoms with van der Waals surface area (Å²) in [5.74, 6) is 1.53. The third-order valence-electron chi connectivity index (χ3n) is 2.55. The Bertz CT molecular complexity index is 344. The molecular formula is C13H22NO4+. The van der Waals surface area contributed by atoms with E-state index in [4.69, 9.17) is 19.3 Å². The lowest BCUT2D eigenvalue weighted by molar-refractivity contribution is -0.672. The molecule has 0 unspecified atom stereocenters. The van der Waals surface area contributed by atoms with Crippen molar-refractivity contribution in [2.75, 3.05) is 40.6 Å². The fourth-order valence-electron chi connectivity index (χ4n) is 1.71. The molecule has 0 aliphatic heterocycles. The average Bonchev–Trinajstić information content (AvgIpc) is 2.42.